The van der Waals surface area contributed by atoms with Crippen molar-refractivity contribution >= 4 is 12.0 Å². The second-order valence-corrected chi connectivity index (χ2v) is 8.47. The van der Waals surface area contributed by atoms with Crippen molar-refractivity contribution in [1.29, 1.82) is 0 Å². The summed E-state index contributed by atoms with van der Waals surface area (Å²) in [5.74, 6) is 0.146. The summed E-state index contributed by atoms with van der Waals surface area (Å²) in [5, 5.41) is 0. The van der Waals surface area contributed by atoms with Crippen molar-refractivity contribution < 1.29 is 14.3 Å². The zero-order chi connectivity index (χ0) is 18.1. The van der Waals surface area contributed by atoms with Crippen LogP contribution in [0.25, 0.3) is 0 Å². The summed E-state index contributed by atoms with van der Waals surface area (Å²) in [4.78, 5) is 28.9. The van der Waals surface area contributed by atoms with Crippen molar-refractivity contribution in [3.8, 4) is 0 Å². The third-order valence-corrected chi connectivity index (χ3v) is 4.64. The van der Waals surface area contributed by atoms with E-state index in [2.05, 4.69) is 0 Å². The number of carbonyl (C=O) groups excluding carboxylic acids is 2. The summed E-state index contributed by atoms with van der Waals surface area (Å²) < 4.78 is 5.49. The van der Waals surface area contributed by atoms with Crippen molar-refractivity contribution in [2.45, 2.75) is 84.0 Å². The minimum absolute atomic E-state index is 0.0311. The average Bonchev–Trinajstić information content (AvgIpc) is 3.29. The number of ether oxygens (including phenoxy) is 1. The summed E-state index contributed by atoms with van der Waals surface area (Å²) in [7, 11) is 0. The van der Waals surface area contributed by atoms with Crippen molar-refractivity contribution in [3.05, 3.63) is 0 Å². The lowest BCUT2D eigenvalue weighted by atomic mass is 9.99. The molecule has 2 N–H and O–H groups in total. The predicted molar refractivity (Wildman–Crippen MR) is 93.5 cm³/mol. The molecule has 2 amide bonds. The molecule has 1 aliphatic carbocycles. The normalized spacial score (nSPS) is 23.1. The lowest BCUT2D eigenvalue weighted by Crippen LogP contribution is -2.57. The highest BCUT2D eigenvalue weighted by Crippen LogP contribution is 2.32. The Bertz CT molecular complexity index is 469. The maximum atomic E-state index is 12.8. The van der Waals surface area contributed by atoms with E-state index in [-0.39, 0.29) is 24.0 Å². The number of carbonyl (C=O) groups is 2. The van der Waals surface area contributed by atoms with Crippen LogP contribution < -0.4 is 5.73 Å². The highest BCUT2D eigenvalue weighted by molar-refractivity contribution is 5.83. The topological polar surface area (TPSA) is 75.9 Å². The SMILES string of the molecule is CC(C)[C@H](N)C(=O)N(C1CC1)C1CCCN(C(=O)OC(C)(C)C)C1. The van der Waals surface area contributed by atoms with E-state index in [9.17, 15) is 9.59 Å². The van der Waals surface area contributed by atoms with Crippen LogP contribution in [-0.4, -0.2) is 58.6 Å². The molecule has 6 heteroatoms. The van der Waals surface area contributed by atoms with Crippen molar-refractivity contribution in [2.75, 3.05) is 13.1 Å². The second-order valence-electron chi connectivity index (χ2n) is 8.47. The Morgan fingerprint density at radius 2 is 1.79 bits per heavy atom. The third kappa shape index (κ3) is 4.85. The number of rotatable bonds is 4. The first-order valence-corrected chi connectivity index (χ1v) is 9.16. The molecule has 6 nitrogen and oxygen atoms in total. The van der Waals surface area contributed by atoms with Crippen LogP contribution in [0.1, 0.15) is 60.3 Å². The van der Waals surface area contributed by atoms with Crippen molar-refractivity contribution in [3.63, 3.8) is 0 Å². The average molecular weight is 339 g/mol. The molecule has 1 saturated heterocycles. The minimum Gasteiger partial charge on any atom is -0.444 e. The van der Waals surface area contributed by atoms with E-state index in [1.54, 1.807) is 4.90 Å². The van der Waals surface area contributed by atoms with Crippen LogP contribution in [0.15, 0.2) is 0 Å². The molecule has 0 bridgehead atoms. The molecule has 2 rings (SSSR count). The fraction of sp³-hybridized carbons (Fsp3) is 0.889. The monoisotopic (exact) mass is 339 g/mol. The van der Waals surface area contributed by atoms with E-state index in [4.69, 9.17) is 10.5 Å². The van der Waals surface area contributed by atoms with E-state index in [0.29, 0.717) is 19.1 Å². The van der Waals surface area contributed by atoms with Gasteiger partial charge in [-0.25, -0.2) is 4.79 Å². The molecule has 1 heterocycles. The molecule has 0 aromatic carbocycles. The maximum absolute atomic E-state index is 12.8. The highest BCUT2D eigenvalue weighted by Gasteiger charge is 2.42. The van der Waals surface area contributed by atoms with Gasteiger partial charge in [0, 0.05) is 25.2 Å². The Balaban J connectivity index is 2.05. The molecule has 0 aromatic rings. The molecule has 2 fully saturated rings. The van der Waals surface area contributed by atoms with Gasteiger partial charge in [0.1, 0.15) is 5.60 Å². The van der Waals surface area contributed by atoms with E-state index in [1.165, 1.54) is 0 Å². The maximum Gasteiger partial charge on any atom is 0.410 e. The molecule has 0 aromatic heterocycles. The Hall–Kier alpha value is -1.30. The molecule has 138 valence electrons. The Labute approximate surface area is 145 Å². The summed E-state index contributed by atoms with van der Waals surface area (Å²) >= 11 is 0. The van der Waals surface area contributed by atoms with Gasteiger partial charge in [0.15, 0.2) is 0 Å². The second kappa shape index (κ2) is 7.30. The zero-order valence-electron chi connectivity index (χ0n) is 15.7. The Kier molecular flexibility index (Phi) is 5.78. The summed E-state index contributed by atoms with van der Waals surface area (Å²) in [6, 6.07) is -0.121. The molecule has 2 aliphatic rings. The van der Waals surface area contributed by atoms with Crippen LogP contribution >= 0.6 is 0 Å². The van der Waals surface area contributed by atoms with Crippen molar-refractivity contribution in [1.82, 2.24) is 9.80 Å². The van der Waals surface area contributed by atoms with Gasteiger partial charge in [0.05, 0.1) is 6.04 Å². The fourth-order valence-corrected chi connectivity index (χ4v) is 3.14. The number of nitrogens with two attached hydrogens (primary N) is 1. The van der Waals surface area contributed by atoms with E-state index < -0.39 is 11.6 Å². The quantitative estimate of drug-likeness (QED) is 0.853. The van der Waals surface area contributed by atoms with Gasteiger partial charge >= 0.3 is 6.09 Å². The molecular formula is C18H33N3O3. The molecule has 1 aliphatic heterocycles. The highest BCUT2D eigenvalue weighted by atomic mass is 16.6. The zero-order valence-corrected chi connectivity index (χ0v) is 15.7. The van der Waals surface area contributed by atoms with E-state index in [1.807, 2.05) is 39.5 Å². The molecule has 0 radical (unpaired) electrons. The summed E-state index contributed by atoms with van der Waals surface area (Å²) in [6.07, 6.45) is 3.60. The van der Waals surface area contributed by atoms with E-state index >= 15 is 0 Å². The predicted octanol–water partition coefficient (Wildman–Crippen LogP) is 2.36. The smallest absolute Gasteiger partial charge is 0.410 e. The molecular weight excluding hydrogens is 306 g/mol. The van der Waals surface area contributed by atoms with Crippen LogP contribution in [0.2, 0.25) is 0 Å². The molecule has 1 unspecified atom stereocenters. The molecule has 0 spiro atoms. The summed E-state index contributed by atoms with van der Waals surface area (Å²) in [5.41, 5.74) is 5.61. The van der Waals surface area contributed by atoms with Crippen LogP contribution in [-0.2, 0) is 9.53 Å². The van der Waals surface area contributed by atoms with Gasteiger partial charge in [-0.3, -0.25) is 4.79 Å². The van der Waals surface area contributed by atoms with Gasteiger partial charge in [-0.1, -0.05) is 13.8 Å². The van der Waals surface area contributed by atoms with Crippen LogP contribution in [0.3, 0.4) is 0 Å². The largest absolute Gasteiger partial charge is 0.444 e. The van der Waals surface area contributed by atoms with Crippen LogP contribution in [0, 0.1) is 5.92 Å². The van der Waals surface area contributed by atoms with Crippen LogP contribution in [0.5, 0.6) is 0 Å². The lowest BCUT2D eigenvalue weighted by molar-refractivity contribution is -0.137. The first-order chi connectivity index (χ1) is 11.1. The van der Waals surface area contributed by atoms with Crippen LogP contribution in [0.4, 0.5) is 4.79 Å². The Morgan fingerprint density at radius 1 is 1.17 bits per heavy atom. The number of piperidine rings is 1. The fourth-order valence-electron chi connectivity index (χ4n) is 3.14. The van der Waals surface area contributed by atoms with Crippen molar-refractivity contribution in [2.24, 2.45) is 11.7 Å². The number of nitrogens with zero attached hydrogens (tertiary/aromatic N) is 2. The third-order valence-electron chi connectivity index (χ3n) is 4.64. The van der Waals surface area contributed by atoms with Gasteiger partial charge in [-0.2, -0.15) is 0 Å². The van der Waals surface area contributed by atoms with E-state index in [0.717, 1.165) is 25.7 Å². The van der Waals surface area contributed by atoms with Gasteiger partial charge in [-0.15, -0.1) is 0 Å². The minimum atomic E-state index is -0.504. The number of hydrogen-bond acceptors (Lipinski definition) is 4. The number of amides is 2. The van der Waals surface area contributed by atoms with Gasteiger partial charge in [0.2, 0.25) is 5.91 Å². The molecule has 2 atom stereocenters. The van der Waals surface area contributed by atoms with Gasteiger partial charge in [0.25, 0.3) is 0 Å². The number of hydrogen-bond donors (Lipinski definition) is 1. The standard InChI is InChI=1S/C18H33N3O3/c1-12(2)15(19)16(22)21(13-8-9-13)14-7-6-10-20(11-14)17(23)24-18(3,4)5/h12-15H,6-11,19H2,1-5H3/t14?,15-/m0/s1. The number of likely N-dealkylation sites (tertiary alicyclic amines) is 1. The van der Waals surface area contributed by atoms with Gasteiger partial charge < -0.3 is 20.3 Å². The lowest BCUT2D eigenvalue weighted by Gasteiger charge is -2.41. The summed E-state index contributed by atoms with van der Waals surface area (Å²) in [6.45, 7) is 10.8. The molecule has 24 heavy (non-hydrogen) atoms. The molecule has 1 saturated carbocycles. The first kappa shape index (κ1) is 19.0. The van der Waals surface area contributed by atoms with Gasteiger partial charge in [-0.05, 0) is 52.4 Å². The first-order valence-electron chi connectivity index (χ1n) is 9.16. The Morgan fingerprint density at radius 3 is 2.29 bits per heavy atom.